The van der Waals surface area contributed by atoms with Crippen LogP contribution in [0.25, 0.3) is 0 Å². The summed E-state index contributed by atoms with van der Waals surface area (Å²) in [6, 6.07) is 11.9. The fourth-order valence-corrected chi connectivity index (χ4v) is 4.88. The highest BCUT2D eigenvalue weighted by Gasteiger charge is 2.49. The molecule has 1 aliphatic rings. The van der Waals surface area contributed by atoms with Gasteiger partial charge in [0.05, 0.1) is 12.0 Å². The molecule has 0 spiro atoms. The van der Waals surface area contributed by atoms with Crippen LogP contribution in [0.5, 0.6) is 5.75 Å². The molecule has 1 atom stereocenters. The van der Waals surface area contributed by atoms with Gasteiger partial charge in [-0.05, 0) is 56.2 Å². The van der Waals surface area contributed by atoms with Crippen molar-refractivity contribution in [1.29, 1.82) is 0 Å². The summed E-state index contributed by atoms with van der Waals surface area (Å²) < 4.78 is 32.3. The predicted molar refractivity (Wildman–Crippen MR) is 124 cm³/mol. The van der Waals surface area contributed by atoms with Crippen LogP contribution in [0.2, 0.25) is 0 Å². The Morgan fingerprint density at radius 3 is 2.44 bits per heavy atom. The van der Waals surface area contributed by atoms with Gasteiger partial charge in [-0.3, -0.25) is 14.5 Å². The van der Waals surface area contributed by atoms with E-state index < -0.39 is 40.0 Å². The van der Waals surface area contributed by atoms with Gasteiger partial charge in [0.15, 0.2) is 0 Å². The lowest BCUT2D eigenvalue weighted by Crippen LogP contribution is -2.43. The van der Waals surface area contributed by atoms with Crippen molar-refractivity contribution in [2.75, 3.05) is 13.7 Å². The number of sulfonamides is 1. The van der Waals surface area contributed by atoms with Crippen LogP contribution in [0, 0.1) is 0 Å². The molecule has 1 unspecified atom stereocenters. The van der Waals surface area contributed by atoms with Gasteiger partial charge in [0.25, 0.3) is 5.91 Å². The highest BCUT2D eigenvalue weighted by atomic mass is 32.2. The average molecular weight is 489 g/mol. The van der Waals surface area contributed by atoms with E-state index in [1.54, 1.807) is 57.2 Å². The van der Waals surface area contributed by atoms with Gasteiger partial charge >= 0.3 is 6.03 Å². The van der Waals surface area contributed by atoms with Gasteiger partial charge in [-0.15, -0.1) is 0 Å². The van der Waals surface area contributed by atoms with Crippen molar-refractivity contribution in [3.05, 3.63) is 59.7 Å². The van der Waals surface area contributed by atoms with Crippen molar-refractivity contribution < 1.29 is 27.5 Å². The second-order valence-electron chi connectivity index (χ2n) is 8.38. The Kier molecular flexibility index (Phi) is 7.27. The van der Waals surface area contributed by atoms with E-state index in [2.05, 4.69) is 15.4 Å². The molecule has 1 fully saturated rings. The zero-order chi connectivity index (χ0) is 25.1. The van der Waals surface area contributed by atoms with Gasteiger partial charge in [0, 0.05) is 12.6 Å². The minimum atomic E-state index is -3.67. The highest BCUT2D eigenvalue weighted by Crippen LogP contribution is 2.29. The minimum absolute atomic E-state index is 0.0310. The van der Waals surface area contributed by atoms with Crippen LogP contribution in [0.3, 0.4) is 0 Å². The van der Waals surface area contributed by atoms with Gasteiger partial charge in [0.2, 0.25) is 15.9 Å². The number of benzene rings is 2. The van der Waals surface area contributed by atoms with Crippen LogP contribution >= 0.6 is 0 Å². The molecule has 1 aliphatic heterocycles. The van der Waals surface area contributed by atoms with Gasteiger partial charge in [-0.25, -0.2) is 17.9 Å². The third-order valence-electron chi connectivity index (χ3n) is 5.33. The maximum Gasteiger partial charge on any atom is 0.325 e. The molecule has 3 N–H and O–H groups in total. The second-order valence-corrected chi connectivity index (χ2v) is 10.1. The van der Waals surface area contributed by atoms with E-state index in [-0.39, 0.29) is 17.5 Å². The van der Waals surface area contributed by atoms with Crippen LogP contribution in [-0.2, 0) is 31.7 Å². The fourth-order valence-electron chi connectivity index (χ4n) is 3.56. The first-order valence-electron chi connectivity index (χ1n) is 10.6. The van der Waals surface area contributed by atoms with Gasteiger partial charge in [-0.1, -0.05) is 24.3 Å². The molecule has 3 rings (SSSR count). The van der Waals surface area contributed by atoms with E-state index in [0.717, 1.165) is 4.90 Å². The number of imide groups is 1. The van der Waals surface area contributed by atoms with E-state index in [1.165, 1.54) is 19.2 Å². The van der Waals surface area contributed by atoms with E-state index in [0.29, 0.717) is 16.9 Å². The number of amides is 4. The zero-order valence-corrected chi connectivity index (χ0v) is 20.2. The van der Waals surface area contributed by atoms with Crippen molar-refractivity contribution in [3.8, 4) is 5.75 Å². The summed E-state index contributed by atoms with van der Waals surface area (Å²) in [5.41, 5.74) is -0.196. The Labute approximate surface area is 198 Å². The molecule has 34 heavy (non-hydrogen) atoms. The molecule has 1 heterocycles. The summed E-state index contributed by atoms with van der Waals surface area (Å²) in [4.78, 5) is 38.9. The van der Waals surface area contributed by atoms with Crippen molar-refractivity contribution in [1.82, 2.24) is 20.3 Å². The van der Waals surface area contributed by atoms with Crippen molar-refractivity contribution >= 4 is 27.9 Å². The monoisotopic (exact) mass is 488 g/mol. The Bertz CT molecular complexity index is 1200. The summed E-state index contributed by atoms with van der Waals surface area (Å²) in [7, 11) is -2.15. The molecule has 1 saturated heterocycles. The molecule has 4 amide bonds. The number of urea groups is 1. The van der Waals surface area contributed by atoms with Crippen LogP contribution in [0.4, 0.5) is 4.79 Å². The Morgan fingerprint density at radius 1 is 1.15 bits per heavy atom. The molecule has 182 valence electrons. The lowest BCUT2D eigenvalue weighted by atomic mass is 9.92. The van der Waals surface area contributed by atoms with Crippen LogP contribution in [-0.4, -0.2) is 50.9 Å². The van der Waals surface area contributed by atoms with Crippen molar-refractivity contribution in [3.63, 3.8) is 0 Å². The lowest BCUT2D eigenvalue weighted by molar-refractivity contribution is -0.134. The number of hydrogen-bond donors (Lipinski definition) is 3. The normalized spacial score (nSPS) is 18.2. The van der Waals surface area contributed by atoms with Crippen molar-refractivity contribution in [2.24, 2.45) is 0 Å². The number of carbonyl (C=O) groups excluding carboxylic acids is 3. The molecule has 2 aromatic rings. The topological polar surface area (TPSA) is 134 Å². The number of rotatable bonds is 9. The number of methoxy groups -OCH3 is 1. The van der Waals surface area contributed by atoms with Crippen LogP contribution in [0.1, 0.15) is 31.9 Å². The van der Waals surface area contributed by atoms with Gasteiger partial charge in [-0.2, -0.15) is 0 Å². The highest BCUT2D eigenvalue weighted by molar-refractivity contribution is 7.89. The largest absolute Gasteiger partial charge is 0.497 e. The Morgan fingerprint density at radius 2 is 1.82 bits per heavy atom. The molecule has 0 aliphatic carbocycles. The Hall–Kier alpha value is -3.44. The van der Waals surface area contributed by atoms with Crippen molar-refractivity contribution in [2.45, 2.75) is 43.8 Å². The maximum atomic E-state index is 13.0. The predicted octanol–water partition coefficient (Wildman–Crippen LogP) is 1.47. The summed E-state index contributed by atoms with van der Waals surface area (Å²) in [5.74, 6) is -0.501. The standard InChI is InChI=1S/C23H28N4O6S/c1-15(2)26-34(31,32)19-7-5-6-16(12-19)13-24-20(28)14-27-21(29)23(3,25-22(27)30)17-8-10-18(33-4)11-9-17/h5-12,15,26H,13-14H2,1-4H3,(H,24,28)(H,25,30). The quantitative estimate of drug-likeness (QED) is 0.458. The third-order valence-corrected chi connectivity index (χ3v) is 6.99. The van der Waals surface area contributed by atoms with Gasteiger partial charge in [0.1, 0.15) is 17.8 Å². The zero-order valence-electron chi connectivity index (χ0n) is 19.4. The second kappa shape index (κ2) is 9.82. The average Bonchev–Trinajstić information content (AvgIpc) is 3.01. The first-order chi connectivity index (χ1) is 16.0. The number of nitrogens with one attached hydrogen (secondary N) is 3. The summed E-state index contributed by atoms with van der Waals surface area (Å²) in [6.07, 6.45) is 0. The van der Waals surface area contributed by atoms with Gasteiger partial charge < -0.3 is 15.4 Å². The fraction of sp³-hybridized carbons (Fsp3) is 0.348. The molecule has 0 radical (unpaired) electrons. The van der Waals surface area contributed by atoms with Crippen LogP contribution < -0.4 is 20.1 Å². The van der Waals surface area contributed by atoms with E-state index >= 15 is 0 Å². The summed E-state index contributed by atoms with van der Waals surface area (Å²) in [6.45, 7) is 4.57. The molecule has 2 aromatic carbocycles. The third kappa shape index (κ3) is 5.37. The molecule has 11 heteroatoms. The Balaban J connectivity index is 1.65. The van der Waals surface area contributed by atoms with E-state index in [9.17, 15) is 22.8 Å². The van der Waals surface area contributed by atoms with E-state index in [1.807, 2.05) is 0 Å². The molecule has 0 saturated carbocycles. The summed E-state index contributed by atoms with van der Waals surface area (Å²) >= 11 is 0. The smallest absolute Gasteiger partial charge is 0.325 e. The number of hydrogen-bond acceptors (Lipinski definition) is 6. The first kappa shape index (κ1) is 25.2. The molecular formula is C23H28N4O6S. The van der Waals surface area contributed by atoms with Crippen LogP contribution in [0.15, 0.2) is 53.4 Å². The maximum absolute atomic E-state index is 13.0. The molecule has 0 bridgehead atoms. The first-order valence-corrected chi connectivity index (χ1v) is 12.1. The minimum Gasteiger partial charge on any atom is -0.497 e. The lowest BCUT2D eigenvalue weighted by Gasteiger charge is -2.22. The number of carbonyl (C=O) groups is 3. The van der Waals surface area contributed by atoms with E-state index in [4.69, 9.17) is 4.74 Å². The molecule has 0 aromatic heterocycles. The number of ether oxygens (including phenoxy) is 1. The summed E-state index contributed by atoms with van der Waals surface area (Å²) in [5, 5.41) is 5.27. The molecule has 10 nitrogen and oxygen atoms in total. The number of nitrogens with zero attached hydrogens (tertiary/aromatic N) is 1. The molecular weight excluding hydrogens is 460 g/mol. The SMILES string of the molecule is COc1ccc(C2(C)NC(=O)N(CC(=O)NCc3cccc(S(=O)(=O)NC(C)C)c3)C2=O)cc1.